The standard InChI is InChI=1S/C10H11N3OS2/c1-13(9-11-12-10(15)16-9)7-3-5-8(14-2)6-4-7/h3-6H,1-2H3,(H,12,15). The van der Waals surface area contributed by atoms with E-state index in [0.29, 0.717) is 3.95 Å². The zero-order valence-electron chi connectivity index (χ0n) is 8.93. The van der Waals surface area contributed by atoms with Gasteiger partial charge >= 0.3 is 0 Å². The van der Waals surface area contributed by atoms with Gasteiger partial charge in [0, 0.05) is 12.7 Å². The van der Waals surface area contributed by atoms with Gasteiger partial charge in [0.05, 0.1) is 7.11 Å². The highest BCUT2D eigenvalue weighted by Gasteiger charge is 2.07. The first-order valence-corrected chi connectivity index (χ1v) is 5.86. The molecule has 6 heteroatoms. The first kappa shape index (κ1) is 11.1. The fraction of sp³-hybridized carbons (Fsp3) is 0.200. The van der Waals surface area contributed by atoms with Gasteiger partial charge in [-0.3, -0.25) is 5.10 Å². The summed E-state index contributed by atoms with van der Waals surface area (Å²) in [6, 6.07) is 7.78. The molecule has 1 aromatic carbocycles. The smallest absolute Gasteiger partial charge is 0.211 e. The predicted molar refractivity (Wildman–Crippen MR) is 68.4 cm³/mol. The molecular formula is C10H11N3OS2. The van der Waals surface area contributed by atoms with Crippen LogP contribution >= 0.6 is 23.6 Å². The van der Waals surface area contributed by atoms with Crippen LogP contribution in [0.2, 0.25) is 0 Å². The van der Waals surface area contributed by atoms with Crippen LogP contribution in [-0.4, -0.2) is 24.4 Å². The minimum Gasteiger partial charge on any atom is -0.497 e. The summed E-state index contributed by atoms with van der Waals surface area (Å²) in [6.07, 6.45) is 0. The summed E-state index contributed by atoms with van der Waals surface area (Å²) in [5.41, 5.74) is 1.04. The molecular weight excluding hydrogens is 242 g/mol. The van der Waals surface area contributed by atoms with E-state index in [9.17, 15) is 0 Å². The number of hydrogen-bond donors (Lipinski definition) is 1. The molecule has 1 aromatic heterocycles. The van der Waals surface area contributed by atoms with Crippen LogP contribution in [-0.2, 0) is 0 Å². The normalized spacial score (nSPS) is 10.1. The van der Waals surface area contributed by atoms with Crippen molar-refractivity contribution in [1.82, 2.24) is 10.2 Å². The second-order valence-electron chi connectivity index (χ2n) is 3.15. The van der Waals surface area contributed by atoms with Gasteiger partial charge in [-0.15, -0.1) is 5.10 Å². The zero-order chi connectivity index (χ0) is 11.5. The number of aromatic amines is 1. The molecule has 0 fully saturated rings. The van der Waals surface area contributed by atoms with Crippen LogP contribution in [0, 0.1) is 3.95 Å². The SMILES string of the molecule is COc1ccc(N(C)c2n[nH]c(=S)s2)cc1. The molecule has 1 heterocycles. The van der Waals surface area contributed by atoms with Gasteiger partial charge in [-0.05, 0) is 36.5 Å². The van der Waals surface area contributed by atoms with Crippen molar-refractivity contribution >= 4 is 34.4 Å². The van der Waals surface area contributed by atoms with Crippen molar-refractivity contribution in [3.8, 4) is 5.75 Å². The Labute approximate surface area is 102 Å². The molecule has 0 unspecified atom stereocenters. The van der Waals surface area contributed by atoms with Crippen molar-refractivity contribution in [2.75, 3.05) is 19.1 Å². The molecule has 0 bridgehead atoms. The maximum absolute atomic E-state index is 5.10. The van der Waals surface area contributed by atoms with Gasteiger partial charge in [-0.25, -0.2) is 0 Å². The Balaban J connectivity index is 2.26. The summed E-state index contributed by atoms with van der Waals surface area (Å²) >= 11 is 6.44. The number of anilines is 2. The van der Waals surface area contributed by atoms with E-state index in [2.05, 4.69) is 10.2 Å². The molecule has 0 saturated carbocycles. The Kier molecular flexibility index (Phi) is 3.21. The van der Waals surface area contributed by atoms with E-state index in [1.807, 2.05) is 36.2 Å². The number of nitrogens with zero attached hydrogens (tertiary/aromatic N) is 2. The molecule has 2 aromatic rings. The predicted octanol–water partition coefficient (Wildman–Crippen LogP) is 2.98. The Hall–Kier alpha value is -1.40. The Bertz CT molecular complexity index is 517. The topological polar surface area (TPSA) is 41.1 Å². The van der Waals surface area contributed by atoms with Crippen molar-refractivity contribution < 1.29 is 4.74 Å². The molecule has 4 nitrogen and oxygen atoms in total. The Morgan fingerprint density at radius 2 is 2.06 bits per heavy atom. The molecule has 2 rings (SSSR count). The molecule has 0 saturated heterocycles. The lowest BCUT2D eigenvalue weighted by Crippen LogP contribution is -2.08. The third-order valence-corrected chi connectivity index (χ3v) is 3.34. The monoisotopic (exact) mass is 253 g/mol. The first-order valence-electron chi connectivity index (χ1n) is 4.64. The molecule has 0 radical (unpaired) electrons. The number of H-pyrrole nitrogens is 1. The second-order valence-corrected chi connectivity index (χ2v) is 4.80. The van der Waals surface area contributed by atoms with Crippen molar-refractivity contribution in [3.63, 3.8) is 0 Å². The van der Waals surface area contributed by atoms with Crippen LogP contribution in [0.4, 0.5) is 10.8 Å². The van der Waals surface area contributed by atoms with Crippen LogP contribution < -0.4 is 9.64 Å². The van der Waals surface area contributed by atoms with Crippen LogP contribution in [0.1, 0.15) is 0 Å². The van der Waals surface area contributed by atoms with E-state index < -0.39 is 0 Å². The van der Waals surface area contributed by atoms with Gasteiger partial charge in [0.2, 0.25) is 5.13 Å². The van der Waals surface area contributed by atoms with E-state index in [0.717, 1.165) is 16.6 Å². The number of aromatic nitrogens is 2. The fourth-order valence-electron chi connectivity index (χ4n) is 1.28. The molecule has 0 amide bonds. The molecule has 0 spiro atoms. The zero-order valence-corrected chi connectivity index (χ0v) is 10.6. The summed E-state index contributed by atoms with van der Waals surface area (Å²) in [6.45, 7) is 0. The minimum absolute atomic E-state index is 0.676. The highest BCUT2D eigenvalue weighted by Crippen LogP contribution is 2.26. The fourth-order valence-corrected chi connectivity index (χ4v) is 2.14. The summed E-state index contributed by atoms with van der Waals surface area (Å²) in [4.78, 5) is 1.97. The van der Waals surface area contributed by atoms with Gasteiger partial charge in [0.1, 0.15) is 5.75 Å². The van der Waals surface area contributed by atoms with Gasteiger partial charge in [0.15, 0.2) is 3.95 Å². The van der Waals surface area contributed by atoms with Crippen molar-refractivity contribution in [2.24, 2.45) is 0 Å². The lowest BCUT2D eigenvalue weighted by atomic mass is 10.3. The number of rotatable bonds is 3. The summed E-state index contributed by atoms with van der Waals surface area (Å²) in [5.74, 6) is 0.840. The second kappa shape index (κ2) is 4.63. The van der Waals surface area contributed by atoms with Crippen molar-refractivity contribution in [2.45, 2.75) is 0 Å². The number of ether oxygens (including phenoxy) is 1. The minimum atomic E-state index is 0.676. The number of hydrogen-bond acceptors (Lipinski definition) is 5. The van der Waals surface area contributed by atoms with Crippen LogP contribution in [0.5, 0.6) is 5.75 Å². The molecule has 0 aliphatic carbocycles. The molecule has 0 atom stereocenters. The van der Waals surface area contributed by atoms with E-state index in [4.69, 9.17) is 17.0 Å². The number of nitrogens with one attached hydrogen (secondary N) is 1. The van der Waals surface area contributed by atoms with Gasteiger partial charge in [0.25, 0.3) is 0 Å². The van der Waals surface area contributed by atoms with Crippen molar-refractivity contribution in [3.05, 3.63) is 28.2 Å². The largest absolute Gasteiger partial charge is 0.497 e. The third kappa shape index (κ3) is 2.23. The molecule has 0 aliphatic heterocycles. The van der Waals surface area contributed by atoms with Crippen LogP contribution in [0.15, 0.2) is 24.3 Å². The van der Waals surface area contributed by atoms with Crippen molar-refractivity contribution in [1.29, 1.82) is 0 Å². The average Bonchev–Trinajstić information content (AvgIpc) is 2.75. The molecule has 16 heavy (non-hydrogen) atoms. The van der Waals surface area contributed by atoms with Gasteiger partial charge < -0.3 is 9.64 Å². The maximum Gasteiger partial charge on any atom is 0.211 e. The summed E-state index contributed by atoms with van der Waals surface area (Å²) < 4.78 is 5.78. The molecule has 0 aliphatic rings. The lowest BCUT2D eigenvalue weighted by molar-refractivity contribution is 0.415. The van der Waals surface area contributed by atoms with E-state index in [-0.39, 0.29) is 0 Å². The lowest BCUT2D eigenvalue weighted by Gasteiger charge is -2.15. The highest BCUT2D eigenvalue weighted by atomic mass is 32.1. The van der Waals surface area contributed by atoms with Crippen LogP contribution in [0.25, 0.3) is 0 Å². The Morgan fingerprint density at radius 3 is 2.56 bits per heavy atom. The molecule has 1 N–H and O–H groups in total. The van der Waals surface area contributed by atoms with Gasteiger partial charge in [-0.2, -0.15) is 0 Å². The summed E-state index contributed by atoms with van der Waals surface area (Å²) in [7, 11) is 3.60. The van der Waals surface area contributed by atoms with E-state index >= 15 is 0 Å². The first-order chi connectivity index (χ1) is 7.70. The third-order valence-electron chi connectivity index (χ3n) is 2.17. The van der Waals surface area contributed by atoms with Crippen LogP contribution in [0.3, 0.4) is 0 Å². The van der Waals surface area contributed by atoms with Gasteiger partial charge in [-0.1, -0.05) is 11.3 Å². The number of benzene rings is 1. The quantitative estimate of drug-likeness (QED) is 0.854. The van der Waals surface area contributed by atoms with E-state index in [1.165, 1.54) is 11.3 Å². The summed E-state index contributed by atoms with van der Waals surface area (Å²) in [5, 5.41) is 7.72. The average molecular weight is 253 g/mol. The molecule has 84 valence electrons. The highest BCUT2D eigenvalue weighted by molar-refractivity contribution is 7.73. The Morgan fingerprint density at radius 1 is 1.38 bits per heavy atom. The number of methoxy groups -OCH3 is 1. The maximum atomic E-state index is 5.10. The van der Waals surface area contributed by atoms with E-state index in [1.54, 1.807) is 7.11 Å².